The van der Waals surface area contributed by atoms with Crippen molar-refractivity contribution in [1.82, 2.24) is 24.4 Å². The van der Waals surface area contributed by atoms with Gasteiger partial charge in [-0.25, -0.2) is 19.3 Å². The van der Waals surface area contributed by atoms with Gasteiger partial charge < -0.3 is 14.9 Å². The van der Waals surface area contributed by atoms with Crippen molar-refractivity contribution in [1.29, 1.82) is 0 Å². The molecule has 1 fully saturated rings. The number of fused-ring (bicyclic) bond motifs is 1. The molecule has 5 rings (SSSR count). The van der Waals surface area contributed by atoms with Crippen molar-refractivity contribution in [2.45, 2.75) is 32.4 Å². The first-order valence-electron chi connectivity index (χ1n) is 11.6. The Morgan fingerprint density at radius 2 is 1.89 bits per heavy atom. The topological polar surface area (TPSA) is 87.4 Å². The molecule has 1 atom stereocenters. The number of hydrogen-bond donors (Lipinski definition) is 1. The zero-order valence-corrected chi connectivity index (χ0v) is 19.9. The molecule has 0 saturated carbocycles. The van der Waals surface area contributed by atoms with E-state index in [9.17, 15) is 14.3 Å². The van der Waals surface area contributed by atoms with Gasteiger partial charge in [-0.2, -0.15) is 0 Å². The molecule has 9 heteroatoms. The average Bonchev–Trinajstić information content (AvgIpc) is 3.23. The number of hydrogen-bond acceptors (Lipinski definition) is 6. The molecular weight excluding hydrogens is 447 g/mol. The van der Waals surface area contributed by atoms with Crippen LogP contribution in [0.5, 0.6) is 0 Å². The molecule has 1 aliphatic heterocycles. The third kappa shape index (κ3) is 4.23. The molecule has 180 valence electrons. The minimum absolute atomic E-state index is 0.125. The second kappa shape index (κ2) is 8.74. The highest BCUT2D eigenvalue weighted by atomic mass is 19.1. The first kappa shape index (κ1) is 22.9. The second-order valence-corrected chi connectivity index (χ2v) is 9.36. The fraction of sp³-hybridized carbons (Fsp3) is 0.308. The maximum absolute atomic E-state index is 14.0. The number of rotatable bonds is 4. The SMILES string of the molecule is CC1CN(c2ncnc3c2c(-c2ccccc2)cn3-c2cc(F)ccn2)CCN1C(=O)C(C)(C)O. The lowest BCUT2D eigenvalue weighted by Gasteiger charge is -2.42. The maximum Gasteiger partial charge on any atom is 0.254 e. The molecule has 3 aromatic heterocycles. The van der Waals surface area contributed by atoms with E-state index in [1.54, 1.807) is 9.47 Å². The van der Waals surface area contributed by atoms with Crippen LogP contribution in [-0.4, -0.2) is 66.7 Å². The van der Waals surface area contributed by atoms with Gasteiger partial charge in [0, 0.05) is 49.7 Å². The highest BCUT2D eigenvalue weighted by Gasteiger charge is 2.36. The van der Waals surface area contributed by atoms with Crippen molar-refractivity contribution in [2.75, 3.05) is 24.5 Å². The van der Waals surface area contributed by atoms with Gasteiger partial charge in [-0.3, -0.25) is 9.36 Å². The van der Waals surface area contributed by atoms with Crippen LogP contribution in [0.25, 0.3) is 28.0 Å². The summed E-state index contributed by atoms with van der Waals surface area (Å²) < 4.78 is 15.8. The number of amides is 1. The largest absolute Gasteiger partial charge is 0.381 e. The molecule has 0 aliphatic carbocycles. The molecule has 1 unspecified atom stereocenters. The van der Waals surface area contributed by atoms with Crippen LogP contribution in [-0.2, 0) is 4.79 Å². The number of carbonyl (C=O) groups is 1. The fourth-order valence-electron chi connectivity index (χ4n) is 4.63. The number of pyridine rings is 1. The standard InChI is InChI=1S/C26H27FN6O2/c1-17-14-31(11-12-32(17)25(34)26(2,3)35)23-22-20(18-7-5-4-6-8-18)15-33(24(22)30-16-29-23)21-13-19(27)9-10-28-21/h4-10,13,15-17,35H,11-12,14H2,1-3H3. The van der Waals surface area contributed by atoms with Crippen molar-refractivity contribution in [3.05, 3.63) is 67.0 Å². The van der Waals surface area contributed by atoms with Crippen LogP contribution in [0, 0.1) is 5.82 Å². The van der Waals surface area contributed by atoms with E-state index in [4.69, 9.17) is 0 Å². The lowest BCUT2D eigenvalue weighted by molar-refractivity contribution is -0.150. The van der Waals surface area contributed by atoms with Crippen LogP contribution in [0.1, 0.15) is 20.8 Å². The van der Waals surface area contributed by atoms with Gasteiger partial charge in [-0.05, 0) is 32.4 Å². The normalized spacial score (nSPS) is 16.7. The van der Waals surface area contributed by atoms with Gasteiger partial charge in [-0.15, -0.1) is 0 Å². The third-order valence-corrected chi connectivity index (χ3v) is 6.31. The van der Waals surface area contributed by atoms with Crippen molar-refractivity contribution >= 4 is 22.8 Å². The lowest BCUT2D eigenvalue weighted by Crippen LogP contribution is -2.58. The molecule has 35 heavy (non-hydrogen) atoms. The highest BCUT2D eigenvalue weighted by Crippen LogP contribution is 2.37. The van der Waals surface area contributed by atoms with Crippen molar-refractivity contribution in [2.24, 2.45) is 0 Å². The lowest BCUT2D eigenvalue weighted by atomic mass is 10.0. The third-order valence-electron chi connectivity index (χ3n) is 6.31. The first-order chi connectivity index (χ1) is 16.7. The van der Waals surface area contributed by atoms with E-state index in [1.807, 2.05) is 43.5 Å². The molecule has 1 aromatic carbocycles. The Morgan fingerprint density at radius 3 is 2.57 bits per heavy atom. The number of aromatic nitrogens is 4. The van der Waals surface area contributed by atoms with Crippen LogP contribution in [0.3, 0.4) is 0 Å². The van der Waals surface area contributed by atoms with Crippen LogP contribution in [0.2, 0.25) is 0 Å². The Bertz CT molecular complexity index is 1380. The van der Waals surface area contributed by atoms with Gasteiger partial charge in [0.15, 0.2) is 5.65 Å². The van der Waals surface area contributed by atoms with E-state index in [2.05, 4.69) is 19.9 Å². The van der Waals surface area contributed by atoms with Gasteiger partial charge in [0.25, 0.3) is 5.91 Å². The summed E-state index contributed by atoms with van der Waals surface area (Å²) in [4.78, 5) is 30.1. The number of anilines is 1. The smallest absolute Gasteiger partial charge is 0.254 e. The number of nitrogens with zero attached hydrogens (tertiary/aromatic N) is 6. The summed E-state index contributed by atoms with van der Waals surface area (Å²) in [5.74, 6) is 0.501. The summed E-state index contributed by atoms with van der Waals surface area (Å²) in [6.45, 7) is 6.55. The zero-order chi connectivity index (χ0) is 24.7. The van der Waals surface area contributed by atoms with Gasteiger partial charge in [0.2, 0.25) is 0 Å². The molecule has 1 N–H and O–H groups in total. The monoisotopic (exact) mass is 474 g/mol. The molecule has 1 amide bonds. The Balaban J connectivity index is 1.62. The van der Waals surface area contributed by atoms with Crippen molar-refractivity contribution in [3.8, 4) is 16.9 Å². The van der Waals surface area contributed by atoms with Gasteiger partial charge in [0.05, 0.1) is 5.39 Å². The first-order valence-corrected chi connectivity index (χ1v) is 11.6. The van der Waals surface area contributed by atoms with Crippen molar-refractivity contribution in [3.63, 3.8) is 0 Å². The number of carbonyl (C=O) groups excluding carboxylic acids is 1. The Morgan fingerprint density at radius 1 is 1.11 bits per heavy atom. The quantitative estimate of drug-likeness (QED) is 0.488. The summed E-state index contributed by atoms with van der Waals surface area (Å²) in [5, 5.41) is 11.0. The number of benzene rings is 1. The second-order valence-electron chi connectivity index (χ2n) is 9.36. The highest BCUT2D eigenvalue weighted by molar-refractivity contribution is 6.02. The number of aliphatic hydroxyl groups is 1. The van der Waals surface area contributed by atoms with Gasteiger partial charge in [-0.1, -0.05) is 30.3 Å². The summed E-state index contributed by atoms with van der Waals surface area (Å²) in [5.41, 5.74) is 1.08. The van der Waals surface area contributed by atoms with E-state index in [0.717, 1.165) is 22.3 Å². The fourth-order valence-corrected chi connectivity index (χ4v) is 4.63. The molecule has 4 aromatic rings. The molecule has 0 bridgehead atoms. The van der Waals surface area contributed by atoms with Crippen LogP contribution >= 0.6 is 0 Å². The minimum Gasteiger partial charge on any atom is -0.381 e. The van der Waals surface area contributed by atoms with E-state index in [1.165, 1.54) is 38.5 Å². The summed E-state index contributed by atoms with van der Waals surface area (Å²) in [7, 11) is 0. The maximum atomic E-state index is 14.0. The number of halogens is 1. The average molecular weight is 475 g/mol. The molecule has 1 saturated heterocycles. The summed E-state index contributed by atoms with van der Waals surface area (Å²) in [6, 6.07) is 12.5. The molecule has 8 nitrogen and oxygen atoms in total. The van der Waals surface area contributed by atoms with Gasteiger partial charge in [0.1, 0.15) is 29.4 Å². The minimum atomic E-state index is -1.42. The summed E-state index contributed by atoms with van der Waals surface area (Å²) in [6.07, 6.45) is 4.85. The van der Waals surface area contributed by atoms with Gasteiger partial charge >= 0.3 is 0 Å². The van der Waals surface area contributed by atoms with Crippen LogP contribution < -0.4 is 4.90 Å². The molecule has 0 radical (unpaired) electrons. The van der Waals surface area contributed by atoms with E-state index < -0.39 is 5.60 Å². The Hall–Kier alpha value is -3.85. The van der Waals surface area contributed by atoms with E-state index in [-0.39, 0.29) is 17.8 Å². The van der Waals surface area contributed by atoms with E-state index in [0.29, 0.717) is 31.1 Å². The Labute approximate surface area is 202 Å². The predicted octanol–water partition coefficient (Wildman–Crippen LogP) is 3.43. The predicted molar refractivity (Wildman–Crippen MR) is 132 cm³/mol. The van der Waals surface area contributed by atoms with E-state index >= 15 is 0 Å². The summed E-state index contributed by atoms with van der Waals surface area (Å²) >= 11 is 0. The van der Waals surface area contributed by atoms with Crippen LogP contribution in [0.15, 0.2) is 61.2 Å². The Kier molecular flexibility index (Phi) is 5.72. The molecular formula is C26H27FN6O2. The van der Waals surface area contributed by atoms with Crippen LogP contribution in [0.4, 0.5) is 10.2 Å². The molecule has 1 aliphatic rings. The molecule has 0 spiro atoms. The number of piperazine rings is 1. The van der Waals surface area contributed by atoms with Crippen molar-refractivity contribution < 1.29 is 14.3 Å². The molecule has 4 heterocycles. The zero-order valence-electron chi connectivity index (χ0n) is 19.9.